The fourth-order valence-electron chi connectivity index (χ4n) is 0.383. The number of nitrogens with zero attached hydrogens (tertiary/aromatic N) is 3. The van der Waals surface area contributed by atoms with Gasteiger partial charge in [0.2, 0.25) is 6.29 Å². The predicted molar refractivity (Wildman–Crippen MR) is 25.7 cm³/mol. The smallest absolute Gasteiger partial charge is 0.223 e. The normalized spacial score (nSPS) is 9.00. The Bertz CT molecular complexity index is 158. The highest BCUT2D eigenvalue weighted by Crippen LogP contribution is 1.71. The van der Waals surface area contributed by atoms with E-state index in [-0.39, 0.29) is 6.54 Å². The molecule has 1 heterocycles. The molecule has 1 radical (unpaired) electrons. The zero-order chi connectivity index (χ0) is 5.82. The van der Waals surface area contributed by atoms with Gasteiger partial charge in [0.05, 0.1) is 12.4 Å². The second kappa shape index (κ2) is 2.20. The van der Waals surface area contributed by atoms with Crippen molar-refractivity contribution in [1.29, 1.82) is 0 Å². The largest absolute Gasteiger partial charge is 0.289 e. The van der Waals surface area contributed by atoms with Gasteiger partial charge < -0.3 is 0 Å². The van der Waals surface area contributed by atoms with Crippen LogP contribution in [0.5, 0.6) is 0 Å². The van der Waals surface area contributed by atoms with Crippen LogP contribution in [0.2, 0.25) is 0 Å². The molecule has 1 aromatic heterocycles. The first kappa shape index (κ1) is 4.96. The summed E-state index contributed by atoms with van der Waals surface area (Å²) in [6.07, 6.45) is 4.68. The molecule has 1 aromatic rings. The minimum absolute atomic E-state index is 0.118. The van der Waals surface area contributed by atoms with E-state index in [1.807, 2.05) is 0 Å². The number of carbonyl (C=O) groups excluding carboxylic acids is 1. The third-order valence-electron chi connectivity index (χ3n) is 0.673. The van der Waals surface area contributed by atoms with Crippen LogP contribution >= 0.6 is 0 Å². The monoisotopic (exact) mass is 110 g/mol. The van der Waals surface area contributed by atoms with E-state index in [0.717, 1.165) is 0 Å². The Balaban J connectivity index is 2.62. The molecule has 0 unspecified atom stereocenters. The van der Waals surface area contributed by atoms with Crippen molar-refractivity contribution in [2.24, 2.45) is 0 Å². The Kier molecular flexibility index (Phi) is 1.37. The molecule has 0 atom stereocenters. The molecule has 8 heavy (non-hydrogen) atoms. The summed E-state index contributed by atoms with van der Waals surface area (Å²) in [6.45, 7) is 0.118. The fourth-order valence-corrected chi connectivity index (χ4v) is 0.383. The SMILES string of the molecule is O=[C]Cn1nccn1. The van der Waals surface area contributed by atoms with Gasteiger partial charge >= 0.3 is 0 Å². The van der Waals surface area contributed by atoms with Crippen molar-refractivity contribution in [3.63, 3.8) is 0 Å². The molecule has 0 aliphatic rings. The first-order chi connectivity index (χ1) is 3.93. The van der Waals surface area contributed by atoms with E-state index in [4.69, 9.17) is 0 Å². The maximum absolute atomic E-state index is 9.65. The lowest BCUT2D eigenvalue weighted by Crippen LogP contribution is -2.01. The summed E-state index contributed by atoms with van der Waals surface area (Å²) in [4.78, 5) is 10.9. The molecule has 41 valence electrons. The summed E-state index contributed by atoms with van der Waals surface area (Å²) >= 11 is 0. The average molecular weight is 110 g/mol. The second-order valence-electron chi connectivity index (χ2n) is 1.20. The summed E-state index contributed by atoms with van der Waals surface area (Å²) < 4.78 is 0. The van der Waals surface area contributed by atoms with Gasteiger partial charge in [0.25, 0.3) is 0 Å². The van der Waals surface area contributed by atoms with E-state index < -0.39 is 0 Å². The molecule has 0 saturated carbocycles. The van der Waals surface area contributed by atoms with Crippen LogP contribution in [0.1, 0.15) is 0 Å². The minimum atomic E-state index is 0.118. The third-order valence-corrected chi connectivity index (χ3v) is 0.673. The average Bonchev–Trinajstić information content (AvgIpc) is 2.19. The highest BCUT2D eigenvalue weighted by molar-refractivity contribution is 5.49. The van der Waals surface area contributed by atoms with Crippen molar-refractivity contribution in [3.8, 4) is 0 Å². The summed E-state index contributed by atoms with van der Waals surface area (Å²) in [5.41, 5.74) is 0. The van der Waals surface area contributed by atoms with Gasteiger partial charge in [-0.05, 0) is 0 Å². The quantitative estimate of drug-likeness (QED) is 0.510. The van der Waals surface area contributed by atoms with Gasteiger partial charge in [-0.1, -0.05) is 0 Å². The van der Waals surface area contributed by atoms with E-state index in [0.29, 0.717) is 0 Å². The van der Waals surface area contributed by atoms with Crippen LogP contribution in [0.25, 0.3) is 0 Å². The highest BCUT2D eigenvalue weighted by Gasteiger charge is 1.85. The molecule has 0 aliphatic heterocycles. The van der Waals surface area contributed by atoms with Gasteiger partial charge in [-0.3, -0.25) is 4.79 Å². The molecule has 1 rings (SSSR count). The van der Waals surface area contributed by atoms with Gasteiger partial charge in [0.1, 0.15) is 6.54 Å². The van der Waals surface area contributed by atoms with Gasteiger partial charge in [0, 0.05) is 0 Å². The van der Waals surface area contributed by atoms with Crippen LogP contribution in [0.15, 0.2) is 12.4 Å². The molecule has 0 saturated heterocycles. The summed E-state index contributed by atoms with van der Waals surface area (Å²) in [5.74, 6) is 0. The lowest BCUT2D eigenvalue weighted by molar-refractivity contribution is 0.523. The molecular weight excluding hydrogens is 106 g/mol. The van der Waals surface area contributed by atoms with Crippen LogP contribution in [0.3, 0.4) is 0 Å². The maximum Gasteiger partial charge on any atom is 0.223 e. The van der Waals surface area contributed by atoms with Crippen molar-refractivity contribution in [2.45, 2.75) is 6.54 Å². The molecule has 0 aliphatic carbocycles. The van der Waals surface area contributed by atoms with E-state index in [1.165, 1.54) is 17.2 Å². The lowest BCUT2D eigenvalue weighted by atomic mass is 10.8. The zero-order valence-electron chi connectivity index (χ0n) is 4.11. The Morgan fingerprint density at radius 2 is 2.12 bits per heavy atom. The number of hydrogen-bond donors (Lipinski definition) is 0. The topological polar surface area (TPSA) is 47.8 Å². The van der Waals surface area contributed by atoms with Crippen molar-refractivity contribution < 1.29 is 4.79 Å². The molecule has 4 heteroatoms. The molecular formula is C4H4N3O. The Hall–Kier alpha value is -1.19. The number of aromatic nitrogens is 3. The van der Waals surface area contributed by atoms with Gasteiger partial charge in [0.15, 0.2) is 0 Å². The maximum atomic E-state index is 9.65. The van der Waals surface area contributed by atoms with Crippen molar-refractivity contribution >= 4 is 6.29 Å². The first-order valence-corrected chi connectivity index (χ1v) is 2.12. The molecule has 4 nitrogen and oxygen atoms in total. The molecule has 0 aromatic carbocycles. The third kappa shape index (κ3) is 0.900. The standard InChI is InChI=1S/C4H4N3O/c8-4-3-7-5-1-2-6-7/h1-2H,3H2. The number of rotatable bonds is 2. The Morgan fingerprint density at radius 3 is 2.62 bits per heavy atom. The fraction of sp³-hybridized carbons (Fsp3) is 0.250. The van der Waals surface area contributed by atoms with Crippen molar-refractivity contribution in [1.82, 2.24) is 15.0 Å². The molecule has 0 N–H and O–H groups in total. The first-order valence-electron chi connectivity index (χ1n) is 2.12. The van der Waals surface area contributed by atoms with E-state index >= 15 is 0 Å². The predicted octanol–water partition coefficient (Wildman–Crippen LogP) is -0.612. The Morgan fingerprint density at radius 1 is 1.50 bits per heavy atom. The molecule has 0 amide bonds. The lowest BCUT2D eigenvalue weighted by Gasteiger charge is -1.83. The number of hydrogen-bond acceptors (Lipinski definition) is 3. The van der Waals surface area contributed by atoms with Crippen LogP contribution in [0.4, 0.5) is 0 Å². The van der Waals surface area contributed by atoms with Gasteiger partial charge in [-0.2, -0.15) is 15.0 Å². The Labute approximate surface area is 46.1 Å². The van der Waals surface area contributed by atoms with Crippen LogP contribution in [0, 0.1) is 0 Å². The van der Waals surface area contributed by atoms with Gasteiger partial charge in [-0.25, -0.2) is 0 Å². The second-order valence-corrected chi connectivity index (χ2v) is 1.20. The molecule has 0 fully saturated rings. The van der Waals surface area contributed by atoms with Crippen LogP contribution < -0.4 is 0 Å². The van der Waals surface area contributed by atoms with Crippen molar-refractivity contribution in [2.75, 3.05) is 0 Å². The summed E-state index contributed by atoms with van der Waals surface area (Å²) in [7, 11) is 0. The van der Waals surface area contributed by atoms with E-state index in [1.54, 1.807) is 6.29 Å². The van der Waals surface area contributed by atoms with Gasteiger partial charge in [-0.15, -0.1) is 0 Å². The molecule has 0 bridgehead atoms. The van der Waals surface area contributed by atoms with Crippen molar-refractivity contribution in [3.05, 3.63) is 12.4 Å². The molecule has 0 spiro atoms. The summed E-state index contributed by atoms with van der Waals surface area (Å²) in [6, 6.07) is 0. The van der Waals surface area contributed by atoms with E-state index in [9.17, 15) is 4.79 Å². The minimum Gasteiger partial charge on any atom is -0.289 e. The summed E-state index contributed by atoms with van der Waals surface area (Å²) in [5, 5.41) is 7.30. The highest BCUT2D eigenvalue weighted by atomic mass is 16.1. The van der Waals surface area contributed by atoms with Crippen LogP contribution in [-0.2, 0) is 11.3 Å². The van der Waals surface area contributed by atoms with Crippen LogP contribution in [-0.4, -0.2) is 21.3 Å². The van der Waals surface area contributed by atoms with E-state index in [2.05, 4.69) is 10.2 Å². The zero-order valence-corrected chi connectivity index (χ0v) is 4.11.